The lowest BCUT2D eigenvalue weighted by atomic mass is 9.98. The number of Topliss-reactive ketones (excluding diaryl/α,β-unsaturated/α-hetero) is 1. The summed E-state index contributed by atoms with van der Waals surface area (Å²) in [6.07, 6.45) is 3.84. The maximum atomic E-state index is 12.4. The van der Waals surface area contributed by atoms with E-state index in [-0.39, 0.29) is 18.3 Å². The molecule has 1 aliphatic rings. The van der Waals surface area contributed by atoms with Crippen LogP contribution in [0.5, 0.6) is 0 Å². The molecule has 0 saturated heterocycles. The number of esters is 1. The Bertz CT molecular complexity index is 1100. The SMILES string of the molecule is CCOC(=O)c1cc(CCn2cnc3c2NC=NCC3=O)cc(-c2ccccc2)c1. The van der Waals surface area contributed by atoms with Crippen LogP contribution in [0.25, 0.3) is 11.1 Å². The van der Waals surface area contributed by atoms with Gasteiger partial charge in [-0.25, -0.2) is 9.78 Å². The number of anilines is 1. The summed E-state index contributed by atoms with van der Waals surface area (Å²) in [6.45, 7) is 2.81. The first-order valence-corrected chi connectivity index (χ1v) is 9.85. The fourth-order valence-corrected chi connectivity index (χ4v) is 3.43. The van der Waals surface area contributed by atoms with E-state index in [4.69, 9.17) is 4.74 Å². The molecule has 30 heavy (non-hydrogen) atoms. The van der Waals surface area contributed by atoms with Crippen molar-refractivity contribution in [1.29, 1.82) is 0 Å². The molecule has 0 amide bonds. The van der Waals surface area contributed by atoms with Crippen LogP contribution in [-0.4, -0.2) is 40.8 Å². The molecule has 0 unspecified atom stereocenters. The number of carbonyl (C=O) groups is 2. The summed E-state index contributed by atoms with van der Waals surface area (Å²) in [5, 5.41) is 3.04. The third kappa shape index (κ3) is 4.15. The summed E-state index contributed by atoms with van der Waals surface area (Å²) in [4.78, 5) is 32.7. The predicted molar refractivity (Wildman–Crippen MR) is 115 cm³/mol. The van der Waals surface area contributed by atoms with E-state index in [1.165, 1.54) is 6.34 Å². The summed E-state index contributed by atoms with van der Waals surface area (Å²) < 4.78 is 7.10. The Balaban J connectivity index is 1.62. The number of aryl methyl sites for hydroxylation is 2. The fourth-order valence-electron chi connectivity index (χ4n) is 3.43. The van der Waals surface area contributed by atoms with Crippen LogP contribution in [0.15, 0.2) is 59.9 Å². The fraction of sp³-hybridized carbons (Fsp3) is 0.217. The highest BCUT2D eigenvalue weighted by molar-refractivity contribution is 6.04. The third-order valence-corrected chi connectivity index (χ3v) is 4.88. The maximum absolute atomic E-state index is 12.4. The number of carbonyl (C=O) groups excluding carboxylic acids is 2. The Kier molecular flexibility index (Phi) is 5.70. The zero-order chi connectivity index (χ0) is 20.9. The molecule has 152 valence electrons. The predicted octanol–water partition coefficient (Wildman–Crippen LogP) is 3.61. The van der Waals surface area contributed by atoms with Crippen LogP contribution < -0.4 is 5.32 Å². The molecule has 1 aromatic heterocycles. The van der Waals surface area contributed by atoms with Crippen molar-refractivity contribution < 1.29 is 14.3 Å². The van der Waals surface area contributed by atoms with E-state index >= 15 is 0 Å². The first-order valence-electron chi connectivity index (χ1n) is 9.85. The Hall–Kier alpha value is -3.74. The van der Waals surface area contributed by atoms with Crippen molar-refractivity contribution in [2.45, 2.75) is 19.9 Å². The number of fused-ring (bicyclic) bond motifs is 1. The maximum Gasteiger partial charge on any atom is 0.338 e. The number of rotatable bonds is 6. The van der Waals surface area contributed by atoms with Crippen LogP contribution >= 0.6 is 0 Å². The second-order valence-electron chi connectivity index (χ2n) is 6.93. The van der Waals surface area contributed by atoms with Crippen LogP contribution in [0.1, 0.15) is 33.3 Å². The smallest absolute Gasteiger partial charge is 0.338 e. The van der Waals surface area contributed by atoms with E-state index in [1.54, 1.807) is 13.3 Å². The van der Waals surface area contributed by atoms with Crippen molar-refractivity contribution in [2.24, 2.45) is 4.99 Å². The van der Waals surface area contributed by atoms with Gasteiger partial charge in [0.2, 0.25) is 5.78 Å². The quantitative estimate of drug-likeness (QED) is 0.637. The van der Waals surface area contributed by atoms with E-state index in [0.29, 0.717) is 36.6 Å². The van der Waals surface area contributed by atoms with Gasteiger partial charge in [0.05, 0.1) is 24.8 Å². The van der Waals surface area contributed by atoms with E-state index < -0.39 is 0 Å². The highest BCUT2D eigenvalue weighted by Crippen LogP contribution is 2.24. The average molecular weight is 402 g/mol. The lowest BCUT2D eigenvalue weighted by Gasteiger charge is -2.12. The molecule has 7 nitrogen and oxygen atoms in total. The van der Waals surface area contributed by atoms with Gasteiger partial charge < -0.3 is 14.6 Å². The molecule has 4 rings (SSSR count). The summed E-state index contributed by atoms with van der Waals surface area (Å²) >= 11 is 0. The topological polar surface area (TPSA) is 85.6 Å². The van der Waals surface area contributed by atoms with Gasteiger partial charge in [0, 0.05) is 6.54 Å². The van der Waals surface area contributed by atoms with Gasteiger partial charge >= 0.3 is 5.97 Å². The van der Waals surface area contributed by atoms with Crippen molar-refractivity contribution in [1.82, 2.24) is 9.55 Å². The van der Waals surface area contributed by atoms with E-state index in [0.717, 1.165) is 16.7 Å². The van der Waals surface area contributed by atoms with E-state index in [2.05, 4.69) is 21.4 Å². The molecule has 0 spiro atoms. The summed E-state index contributed by atoms with van der Waals surface area (Å²) in [7, 11) is 0. The Morgan fingerprint density at radius 3 is 2.80 bits per heavy atom. The minimum absolute atomic E-state index is 0.0963. The molecule has 0 bridgehead atoms. The zero-order valence-electron chi connectivity index (χ0n) is 16.7. The standard InChI is InChI=1S/C23H22N4O3/c1-2-30-23(29)19-11-16(10-18(12-19)17-6-4-3-5-7-17)8-9-27-15-26-21-20(28)13-24-14-25-22(21)27/h3-7,10-12,14-15H,2,8-9,13H2,1H3,(H,24,25). The van der Waals surface area contributed by atoms with Gasteiger partial charge in [0.1, 0.15) is 12.4 Å². The molecule has 0 fully saturated rings. The van der Waals surface area contributed by atoms with Gasteiger partial charge in [-0.05, 0) is 42.2 Å². The molecule has 2 aromatic carbocycles. The largest absolute Gasteiger partial charge is 0.462 e. The Morgan fingerprint density at radius 2 is 2.00 bits per heavy atom. The van der Waals surface area contributed by atoms with Crippen LogP contribution in [-0.2, 0) is 17.7 Å². The van der Waals surface area contributed by atoms with Gasteiger partial charge in [-0.15, -0.1) is 0 Å². The molecule has 3 aromatic rings. The number of nitrogens with one attached hydrogen (secondary N) is 1. The zero-order valence-corrected chi connectivity index (χ0v) is 16.7. The minimum atomic E-state index is -0.337. The van der Waals surface area contributed by atoms with Crippen LogP contribution in [0.2, 0.25) is 0 Å². The second kappa shape index (κ2) is 8.73. The van der Waals surface area contributed by atoms with Crippen molar-refractivity contribution in [3.8, 4) is 11.1 Å². The van der Waals surface area contributed by atoms with Gasteiger partial charge in [-0.1, -0.05) is 36.4 Å². The van der Waals surface area contributed by atoms with Crippen LogP contribution in [0.3, 0.4) is 0 Å². The number of imidazole rings is 1. The van der Waals surface area contributed by atoms with Crippen molar-refractivity contribution in [3.63, 3.8) is 0 Å². The normalized spacial score (nSPS) is 12.8. The number of nitrogens with zero attached hydrogens (tertiary/aromatic N) is 3. The lowest BCUT2D eigenvalue weighted by Crippen LogP contribution is -2.09. The highest BCUT2D eigenvalue weighted by Gasteiger charge is 2.19. The number of aromatic nitrogens is 2. The molecule has 0 saturated carbocycles. The van der Waals surface area contributed by atoms with Crippen LogP contribution in [0, 0.1) is 0 Å². The molecule has 7 heteroatoms. The summed E-state index contributed by atoms with van der Waals surface area (Å²) in [5.74, 6) is 0.197. The Morgan fingerprint density at radius 1 is 1.17 bits per heavy atom. The first-order chi connectivity index (χ1) is 14.7. The lowest BCUT2D eigenvalue weighted by molar-refractivity contribution is 0.0526. The molecule has 1 aliphatic heterocycles. The molecule has 1 N–H and O–H groups in total. The molecular formula is C23H22N4O3. The summed E-state index contributed by atoms with van der Waals surface area (Å²) in [5.41, 5.74) is 3.91. The Labute approximate surface area is 174 Å². The van der Waals surface area contributed by atoms with Gasteiger partial charge in [0.15, 0.2) is 5.69 Å². The van der Waals surface area contributed by atoms with Crippen LogP contribution in [0.4, 0.5) is 5.82 Å². The molecular weight excluding hydrogens is 380 g/mol. The first kappa shape index (κ1) is 19.6. The second-order valence-corrected chi connectivity index (χ2v) is 6.93. The third-order valence-electron chi connectivity index (χ3n) is 4.88. The number of benzene rings is 2. The number of ether oxygens (including phenoxy) is 1. The number of aliphatic imine (C=N–C) groups is 1. The van der Waals surface area contributed by atoms with Gasteiger partial charge in [-0.2, -0.15) is 0 Å². The molecule has 0 radical (unpaired) electrons. The van der Waals surface area contributed by atoms with E-state index in [9.17, 15) is 9.59 Å². The van der Waals surface area contributed by atoms with Gasteiger partial charge in [0.25, 0.3) is 0 Å². The highest BCUT2D eigenvalue weighted by atomic mass is 16.5. The minimum Gasteiger partial charge on any atom is -0.462 e. The molecule has 2 heterocycles. The van der Waals surface area contributed by atoms with Crippen molar-refractivity contribution in [2.75, 3.05) is 18.5 Å². The van der Waals surface area contributed by atoms with E-state index in [1.807, 2.05) is 47.0 Å². The molecule has 0 atom stereocenters. The summed E-state index contributed by atoms with van der Waals surface area (Å²) in [6, 6.07) is 15.7. The average Bonchev–Trinajstić information content (AvgIpc) is 3.09. The van der Waals surface area contributed by atoms with Crippen molar-refractivity contribution in [3.05, 3.63) is 71.7 Å². The molecule has 0 aliphatic carbocycles. The number of ketones is 1. The number of hydrogen-bond acceptors (Lipinski definition) is 6. The monoisotopic (exact) mass is 402 g/mol. The number of hydrogen-bond donors (Lipinski definition) is 1. The van der Waals surface area contributed by atoms with Gasteiger partial charge in [-0.3, -0.25) is 9.79 Å². The van der Waals surface area contributed by atoms with Crippen molar-refractivity contribution >= 4 is 23.9 Å².